The van der Waals surface area contributed by atoms with Gasteiger partial charge >= 0.3 is 0 Å². The van der Waals surface area contributed by atoms with Crippen LogP contribution in [0, 0.1) is 31.6 Å². The highest BCUT2D eigenvalue weighted by atomic mass is 79.9. The molecule has 3 atom stereocenters. The predicted molar refractivity (Wildman–Crippen MR) is 83.7 cm³/mol. The van der Waals surface area contributed by atoms with E-state index >= 15 is 0 Å². The van der Waals surface area contributed by atoms with E-state index in [1.807, 2.05) is 11.3 Å². The van der Waals surface area contributed by atoms with Gasteiger partial charge in [-0.3, -0.25) is 0 Å². The Kier molecular flexibility index (Phi) is 4.87. The lowest BCUT2D eigenvalue weighted by atomic mass is 9.75. The molecule has 1 aliphatic rings. The van der Waals surface area contributed by atoms with E-state index in [-0.39, 0.29) is 0 Å². The van der Waals surface area contributed by atoms with Crippen LogP contribution in [-0.4, -0.2) is 9.81 Å². The number of rotatable bonds is 3. The molecule has 0 saturated heterocycles. The zero-order chi connectivity index (χ0) is 13.3. The van der Waals surface area contributed by atoms with E-state index < -0.39 is 0 Å². The van der Waals surface area contributed by atoms with Crippen LogP contribution < -0.4 is 0 Å². The lowest BCUT2D eigenvalue weighted by Crippen LogP contribution is -2.29. The van der Waals surface area contributed by atoms with Gasteiger partial charge in [0, 0.05) is 16.1 Å². The second-order valence-electron chi connectivity index (χ2n) is 6.05. The van der Waals surface area contributed by atoms with Gasteiger partial charge in [0.2, 0.25) is 0 Å². The maximum atomic E-state index is 4.71. The van der Waals surface area contributed by atoms with Gasteiger partial charge < -0.3 is 0 Å². The van der Waals surface area contributed by atoms with Gasteiger partial charge in [-0.05, 0) is 50.9 Å². The summed E-state index contributed by atoms with van der Waals surface area (Å²) in [7, 11) is 0. The number of halogens is 1. The zero-order valence-corrected chi connectivity index (χ0v) is 14.3. The summed E-state index contributed by atoms with van der Waals surface area (Å²) in [6, 6.07) is 0. The first-order chi connectivity index (χ1) is 8.47. The number of hydrogen-bond donors (Lipinski definition) is 0. The molecule has 1 heterocycles. The number of thiazole rings is 1. The molecule has 0 radical (unpaired) electrons. The fourth-order valence-electron chi connectivity index (χ4n) is 2.93. The molecule has 1 aromatic rings. The van der Waals surface area contributed by atoms with E-state index in [0.29, 0.717) is 4.83 Å². The molecule has 0 aromatic carbocycles. The SMILES string of the molecule is Cc1nc(CC2CC(C(C)C)CCC2Br)sc1C. The monoisotopic (exact) mass is 329 g/mol. The molecule has 102 valence electrons. The first kappa shape index (κ1) is 14.5. The molecular weight excluding hydrogens is 306 g/mol. The van der Waals surface area contributed by atoms with Gasteiger partial charge in [0.25, 0.3) is 0 Å². The lowest BCUT2D eigenvalue weighted by Gasteiger charge is -2.35. The smallest absolute Gasteiger partial charge is 0.0934 e. The lowest BCUT2D eigenvalue weighted by molar-refractivity contribution is 0.222. The maximum Gasteiger partial charge on any atom is 0.0934 e. The van der Waals surface area contributed by atoms with Gasteiger partial charge in [-0.2, -0.15) is 0 Å². The second kappa shape index (κ2) is 6.04. The molecule has 1 fully saturated rings. The number of nitrogens with zero attached hydrogens (tertiary/aromatic N) is 1. The fourth-order valence-corrected chi connectivity index (χ4v) is 4.62. The highest BCUT2D eigenvalue weighted by Crippen LogP contribution is 2.39. The first-order valence-electron chi connectivity index (χ1n) is 7.04. The van der Waals surface area contributed by atoms with Crippen LogP contribution in [0.2, 0.25) is 0 Å². The molecule has 3 heteroatoms. The van der Waals surface area contributed by atoms with Crippen LogP contribution in [0.25, 0.3) is 0 Å². The Labute approximate surface area is 124 Å². The quantitative estimate of drug-likeness (QED) is 0.700. The van der Waals surface area contributed by atoms with E-state index in [0.717, 1.165) is 17.8 Å². The molecule has 18 heavy (non-hydrogen) atoms. The summed E-state index contributed by atoms with van der Waals surface area (Å²) in [5, 5.41) is 1.34. The van der Waals surface area contributed by atoms with Gasteiger partial charge in [0.1, 0.15) is 0 Å². The number of hydrogen-bond acceptors (Lipinski definition) is 2. The van der Waals surface area contributed by atoms with Crippen LogP contribution in [0.1, 0.15) is 48.7 Å². The molecule has 0 aliphatic heterocycles. The van der Waals surface area contributed by atoms with Gasteiger partial charge in [-0.25, -0.2) is 4.98 Å². The Morgan fingerprint density at radius 2 is 2.06 bits per heavy atom. The Hall–Kier alpha value is 0.110. The fraction of sp³-hybridized carbons (Fsp3) is 0.800. The first-order valence-corrected chi connectivity index (χ1v) is 8.77. The van der Waals surface area contributed by atoms with E-state index in [1.165, 1.54) is 41.3 Å². The molecule has 0 N–H and O–H groups in total. The van der Waals surface area contributed by atoms with Crippen molar-refractivity contribution in [1.29, 1.82) is 0 Å². The van der Waals surface area contributed by atoms with Crippen molar-refractivity contribution in [2.75, 3.05) is 0 Å². The van der Waals surface area contributed by atoms with Gasteiger partial charge in [0.15, 0.2) is 0 Å². The summed E-state index contributed by atoms with van der Waals surface area (Å²) in [6.45, 7) is 9.04. The molecule has 2 rings (SSSR count). The molecule has 1 nitrogen and oxygen atoms in total. The number of aryl methyl sites for hydroxylation is 2. The van der Waals surface area contributed by atoms with Crippen molar-refractivity contribution >= 4 is 27.3 Å². The molecule has 1 saturated carbocycles. The molecule has 3 unspecified atom stereocenters. The van der Waals surface area contributed by atoms with Crippen LogP contribution in [0.4, 0.5) is 0 Å². The highest BCUT2D eigenvalue weighted by Gasteiger charge is 2.30. The largest absolute Gasteiger partial charge is 0.246 e. The van der Waals surface area contributed by atoms with Crippen LogP contribution in [0.5, 0.6) is 0 Å². The van der Waals surface area contributed by atoms with E-state index in [4.69, 9.17) is 4.98 Å². The van der Waals surface area contributed by atoms with Crippen molar-refractivity contribution in [3.63, 3.8) is 0 Å². The topological polar surface area (TPSA) is 12.9 Å². The van der Waals surface area contributed by atoms with Gasteiger partial charge in [0.05, 0.1) is 10.7 Å². The second-order valence-corrected chi connectivity index (χ2v) is 8.51. The Bertz CT molecular complexity index is 380. The van der Waals surface area contributed by atoms with Crippen LogP contribution in [-0.2, 0) is 6.42 Å². The van der Waals surface area contributed by atoms with E-state index in [9.17, 15) is 0 Å². The number of aromatic nitrogens is 1. The molecular formula is C15H24BrNS. The van der Waals surface area contributed by atoms with Gasteiger partial charge in [-0.1, -0.05) is 29.8 Å². The third kappa shape index (κ3) is 3.36. The van der Waals surface area contributed by atoms with Crippen LogP contribution in [0.3, 0.4) is 0 Å². The maximum absolute atomic E-state index is 4.71. The Balaban J connectivity index is 2.02. The predicted octanol–water partition coefficient (Wildman–Crippen LogP) is 5.14. The van der Waals surface area contributed by atoms with Crippen molar-refractivity contribution in [3.05, 3.63) is 15.6 Å². The van der Waals surface area contributed by atoms with E-state index in [1.54, 1.807) is 0 Å². The Morgan fingerprint density at radius 1 is 1.33 bits per heavy atom. The third-order valence-electron chi connectivity index (χ3n) is 4.38. The van der Waals surface area contributed by atoms with Crippen molar-refractivity contribution in [3.8, 4) is 0 Å². The normalized spacial score (nSPS) is 28.9. The molecule has 0 spiro atoms. The Morgan fingerprint density at radius 3 is 2.61 bits per heavy atom. The van der Waals surface area contributed by atoms with Crippen LogP contribution >= 0.6 is 27.3 Å². The summed E-state index contributed by atoms with van der Waals surface area (Å²) in [6.07, 6.45) is 5.25. The minimum Gasteiger partial charge on any atom is -0.246 e. The summed E-state index contributed by atoms with van der Waals surface area (Å²) >= 11 is 5.78. The average molecular weight is 330 g/mol. The molecule has 1 aliphatic carbocycles. The van der Waals surface area contributed by atoms with E-state index in [2.05, 4.69) is 43.6 Å². The van der Waals surface area contributed by atoms with Crippen molar-refractivity contribution < 1.29 is 0 Å². The number of alkyl halides is 1. The standard InChI is InChI=1S/C15H24BrNS/c1-9(2)12-5-6-14(16)13(7-12)8-15-17-10(3)11(4)18-15/h9,12-14H,5-8H2,1-4H3. The molecule has 1 aromatic heterocycles. The molecule has 0 amide bonds. The third-order valence-corrected chi connectivity index (χ3v) is 6.68. The summed E-state index contributed by atoms with van der Waals surface area (Å²) in [4.78, 5) is 6.78. The van der Waals surface area contributed by atoms with Crippen LogP contribution in [0.15, 0.2) is 0 Å². The van der Waals surface area contributed by atoms with Crippen molar-refractivity contribution in [1.82, 2.24) is 4.98 Å². The minimum absolute atomic E-state index is 0.692. The minimum atomic E-state index is 0.692. The van der Waals surface area contributed by atoms with Crippen molar-refractivity contribution in [2.24, 2.45) is 17.8 Å². The highest BCUT2D eigenvalue weighted by molar-refractivity contribution is 9.09. The van der Waals surface area contributed by atoms with Gasteiger partial charge in [-0.15, -0.1) is 11.3 Å². The van der Waals surface area contributed by atoms with Crippen molar-refractivity contribution in [2.45, 2.75) is 58.2 Å². The molecule has 0 bridgehead atoms. The summed E-state index contributed by atoms with van der Waals surface area (Å²) in [5.41, 5.74) is 1.22. The average Bonchev–Trinajstić information content (AvgIpc) is 2.61. The summed E-state index contributed by atoms with van der Waals surface area (Å²) < 4.78 is 0. The summed E-state index contributed by atoms with van der Waals surface area (Å²) in [5.74, 6) is 2.51. The zero-order valence-electron chi connectivity index (χ0n) is 11.9.